The molecule has 0 atom stereocenters. The molecule has 1 N–H and O–H groups in total. The minimum absolute atomic E-state index is 0.159. The fourth-order valence-corrected chi connectivity index (χ4v) is 3.56. The first-order valence-corrected chi connectivity index (χ1v) is 9.25. The lowest BCUT2D eigenvalue weighted by atomic mass is 10.3. The Morgan fingerprint density at radius 1 is 1.23 bits per heavy atom. The minimum atomic E-state index is -0.159. The smallest absolute Gasteiger partial charge is 0.256 e. The van der Waals surface area contributed by atoms with Crippen molar-refractivity contribution in [3.05, 3.63) is 59.5 Å². The number of nitrogens with one attached hydrogen (secondary N) is 1. The molecule has 0 unspecified atom stereocenters. The van der Waals surface area contributed by atoms with Crippen LogP contribution in [0.5, 0.6) is 0 Å². The molecule has 4 aromatic rings. The normalized spacial score (nSPS) is 11.1. The van der Waals surface area contributed by atoms with Crippen LogP contribution in [0.4, 0.5) is 0 Å². The van der Waals surface area contributed by atoms with Gasteiger partial charge in [-0.05, 0) is 36.9 Å². The van der Waals surface area contributed by atoms with Gasteiger partial charge in [0.05, 0.1) is 16.8 Å². The minimum Gasteiger partial charge on any atom is -0.352 e. The summed E-state index contributed by atoms with van der Waals surface area (Å²) in [7, 11) is 0. The SMILES string of the molecule is Cc1ccnn1CCCNC(=O)c1cnn2c(-c3cccs3)ccnc12. The summed E-state index contributed by atoms with van der Waals surface area (Å²) in [6.07, 6.45) is 5.88. The molecule has 1 amide bonds. The van der Waals surface area contributed by atoms with Gasteiger partial charge in [0.15, 0.2) is 5.65 Å². The van der Waals surface area contributed by atoms with Crippen molar-refractivity contribution in [2.75, 3.05) is 6.54 Å². The summed E-state index contributed by atoms with van der Waals surface area (Å²) < 4.78 is 3.64. The zero-order valence-electron chi connectivity index (χ0n) is 14.3. The maximum atomic E-state index is 12.5. The van der Waals surface area contributed by atoms with Gasteiger partial charge in [-0.2, -0.15) is 10.2 Å². The molecule has 26 heavy (non-hydrogen) atoms. The van der Waals surface area contributed by atoms with E-state index < -0.39 is 0 Å². The zero-order chi connectivity index (χ0) is 17.9. The van der Waals surface area contributed by atoms with Crippen molar-refractivity contribution < 1.29 is 4.79 Å². The zero-order valence-corrected chi connectivity index (χ0v) is 15.1. The molecule has 8 heteroatoms. The molecule has 132 valence electrons. The maximum Gasteiger partial charge on any atom is 0.256 e. The second kappa shape index (κ2) is 7.09. The second-order valence-corrected chi connectivity index (χ2v) is 6.85. The molecule has 0 aliphatic rings. The van der Waals surface area contributed by atoms with Gasteiger partial charge < -0.3 is 5.32 Å². The largest absolute Gasteiger partial charge is 0.352 e. The van der Waals surface area contributed by atoms with Gasteiger partial charge in [-0.25, -0.2) is 9.50 Å². The van der Waals surface area contributed by atoms with E-state index in [0.29, 0.717) is 17.8 Å². The second-order valence-electron chi connectivity index (χ2n) is 5.91. The van der Waals surface area contributed by atoms with Gasteiger partial charge in [0.2, 0.25) is 0 Å². The fraction of sp³-hybridized carbons (Fsp3) is 0.222. The molecule has 0 fully saturated rings. The summed E-state index contributed by atoms with van der Waals surface area (Å²) in [5, 5.41) is 13.6. The first-order valence-electron chi connectivity index (χ1n) is 8.37. The van der Waals surface area contributed by atoms with Crippen molar-refractivity contribution in [2.24, 2.45) is 0 Å². The van der Waals surface area contributed by atoms with E-state index in [0.717, 1.165) is 29.2 Å². The number of fused-ring (bicyclic) bond motifs is 1. The van der Waals surface area contributed by atoms with Gasteiger partial charge >= 0.3 is 0 Å². The van der Waals surface area contributed by atoms with Crippen molar-refractivity contribution in [3.8, 4) is 10.6 Å². The first-order chi connectivity index (χ1) is 12.7. The third-order valence-corrected chi connectivity index (χ3v) is 5.07. The van der Waals surface area contributed by atoms with Crippen molar-refractivity contribution in [3.63, 3.8) is 0 Å². The predicted molar refractivity (Wildman–Crippen MR) is 100 cm³/mol. The van der Waals surface area contributed by atoms with E-state index in [-0.39, 0.29) is 5.91 Å². The lowest BCUT2D eigenvalue weighted by Crippen LogP contribution is -2.25. The number of carbonyl (C=O) groups is 1. The number of carbonyl (C=O) groups excluding carboxylic acids is 1. The summed E-state index contributed by atoms with van der Waals surface area (Å²) in [6.45, 7) is 3.36. The van der Waals surface area contributed by atoms with Gasteiger partial charge in [-0.1, -0.05) is 6.07 Å². The van der Waals surface area contributed by atoms with Crippen molar-refractivity contribution >= 4 is 22.9 Å². The Morgan fingerprint density at radius 3 is 2.92 bits per heavy atom. The molecule has 0 saturated carbocycles. The van der Waals surface area contributed by atoms with Crippen LogP contribution < -0.4 is 5.32 Å². The summed E-state index contributed by atoms with van der Waals surface area (Å²) in [4.78, 5) is 18.0. The number of amides is 1. The molecular weight excluding hydrogens is 348 g/mol. The Balaban J connectivity index is 1.46. The van der Waals surface area contributed by atoms with Crippen molar-refractivity contribution in [1.29, 1.82) is 0 Å². The molecule has 0 saturated heterocycles. The van der Waals surface area contributed by atoms with Crippen LogP contribution in [0.15, 0.2) is 48.2 Å². The molecule has 0 aromatic carbocycles. The number of hydrogen-bond acceptors (Lipinski definition) is 5. The highest BCUT2D eigenvalue weighted by Gasteiger charge is 2.16. The summed E-state index contributed by atoms with van der Waals surface area (Å²) >= 11 is 1.63. The van der Waals surface area contributed by atoms with Crippen LogP contribution in [-0.4, -0.2) is 36.8 Å². The monoisotopic (exact) mass is 366 g/mol. The van der Waals surface area contributed by atoms with E-state index in [1.807, 2.05) is 41.3 Å². The number of nitrogens with zero attached hydrogens (tertiary/aromatic N) is 5. The Bertz CT molecular complexity index is 1030. The summed E-state index contributed by atoms with van der Waals surface area (Å²) in [6, 6.07) is 7.89. The third-order valence-electron chi connectivity index (χ3n) is 4.18. The van der Waals surface area contributed by atoms with Crippen LogP contribution in [0.3, 0.4) is 0 Å². The summed E-state index contributed by atoms with van der Waals surface area (Å²) in [5.74, 6) is -0.159. The molecule has 0 bridgehead atoms. The fourth-order valence-electron chi connectivity index (χ4n) is 2.82. The Kier molecular flexibility index (Phi) is 4.49. The first kappa shape index (κ1) is 16.5. The van der Waals surface area contributed by atoms with E-state index in [9.17, 15) is 4.79 Å². The predicted octanol–water partition coefficient (Wildman–Crippen LogP) is 2.78. The molecule has 4 aromatic heterocycles. The third kappa shape index (κ3) is 3.11. The number of aromatic nitrogens is 5. The van der Waals surface area contributed by atoms with Crippen LogP contribution >= 0.6 is 11.3 Å². The summed E-state index contributed by atoms with van der Waals surface area (Å²) in [5.41, 5.74) is 3.09. The van der Waals surface area contributed by atoms with Crippen LogP contribution in [0.2, 0.25) is 0 Å². The average Bonchev–Trinajstić information content (AvgIpc) is 3.39. The topological polar surface area (TPSA) is 77.1 Å². The Labute approximate surface area is 154 Å². The number of thiophene rings is 1. The highest BCUT2D eigenvalue weighted by Crippen LogP contribution is 2.25. The standard InChI is InChI=1S/C18H18N6OS/c1-13-5-9-21-23(13)10-3-7-20-18(25)14-12-22-24-15(6-8-19-17(14)24)16-4-2-11-26-16/h2,4-6,8-9,11-12H,3,7,10H2,1H3,(H,20,25). The lowest BCUT2D eigenvalue weighted by Gasteiger charge is -2.06. The molecule has 0 spiro atoms. The van der Waals surface area contributed by atoms with Crippen LogP contribution in [0.1, 0.15) is 22.5 Å². The van der Waals surface area contributed by atoms with Gasteiger partial charge in [-0.15, -0.1) is 11.3 Å². The van der Waals surface area contributed by atoms with E-state index >= 15 is 0 Å². The van der Waals surface area contributed by atoms with Crippen molar-refractivity contribution in [2.45, 2.75) is 19.9 Å². The highest BCUT2D eigenvalue weighted by atomic mass is 32.1. The molecule has 0 aliphatic carbocycles. The number of rotatable bonds is 6. The van der Waals surface area contributed by atoms with Gasteiger partial charge in [-0.3, -0.25) is 9.48 Å². The highest BCUT2D eigenvalue weighted by molar-refractivity contribution is 7.13. The van der Waals surface area contributed by atoms with E-state index in [1.165, 1.54) is 0 Å². The van der Waals surface area contributed by atoms with E-state index in [2.05, 4.69) is 20.5 Å². The quantitative estimate of drug-likeness (QED) is 0.532. The molecule has 4 heterocycles. The molecule has 7 nitrogen and oxygen atoms in total. The van der Waals surface area contributed by atoms with Gasteiger partial charge in [0.25, 0.3) is 5.91 Å². The van der Waals surface area contributed by atoms with Gasteiger partial charge in [0.1, 0.15) is 5.56 Å². The maximum absolute atomic E-state index is 12.5. The Morgan fingerprint density at radius 2 is 2.15 bits per heavy atom. The van der Waals surface area contributed by atoms with E-state index in [1.54, 1.807) is 34.4 Å². The number of aryl methyl sites for hydroxylation is 2. The van der Waals surface area contributed by atoms with Gasteiger partial charge in [0, 0.05) is 31.2 Å². The molecular formula is C18H18N6OS. The number of hydrogen-bond donors (Lipinski definition) is 1. The molecule has 0 aliphatic heterocycles. The van der Waals surface area contributed by atoms with E-state index in [4.69, 9.17) is 0 Å². The van der Waals surface area contributed by atoms with Crippen LogP contribution in [0.25, 0.3) is 16.2 Å². The lowest BCUT2D eigenvalue weighted by molar-refractivity contribution is 0.0954. The molecule has 0 radical (unpaired) electrons. The molecule has 4 rings (SSSR count). The Hall–Kier alpha value is -3.00. The van der Waals surface area contributed by atoms with Crippen molar-refractivity contribution in [1.82, 2.24) is 29.7 Å². The average molecular weight is 366 g/mol. The van der Waals surface area contributed by atoms with Crippen LogP contribution in [-0.2, 0) is 6.54 Å². The van der Waals surface area contributed by atoms with Crippen LogP contribution in [0, 0.1) is 6.92 Å².